The Bertz CT molecular complexity index is 616. The van der Waals surface area contributed by atoms with E-state index in [0.29, 0.717) is 23.1 Å². The van der Waals surface area contributed by atoms with Crippen molar-refractivity contribution in [2.45, 2.75) is 20.0 Å². The summed E-state index contributed by atoms with van der Waals surface area (Å²) in [6.45, 7) is 1.59. The number of allylic oxidation sites excluding steroid dienone is 4. The molecule has 0 aliphatic heterocycles. The van der Waals surface area contributed by atoms with Gasteiger partial charge in [0.15, 0.2) is 11.5 Å². The lowest BCUT2D eigenvalue weighted by molar-refractivity contribution is 0.0945. The summed E-state index contributed by atoms with van der Waals surface area (Å²) in [7, 11) is 0. The fraction of sp³-hybridized carbons (Fsp3) is 0.286. The molecule has 0 amide bonds. The summed E-state index contributed by atoms with van der Waals surface area (Å²) < 4.78 is 5.17. The van der Waals surface area contributed by atoms with E-state index in [1.54, 1.807) is 0 Å². The second-order valence-corrected chi connectivity index (χ2v) is 4.59. The van der Waals surface area contributed by atoms with Gasteiger partial charge in [-0.25, -0.2) is 0 Å². The van der Waals surface area contributed by atoms with E-state index in [0.717, 1.165) is 0 Å². The van der Waals surface area contributed by atoms with Gasteiger partial charge in [-0.05, 0) is 6.42 Å². The summed E-state index contributed by atoms with van der Waals surface area (Å²) >= 11 is 0. The Labute approximate surface area is 104 Å². The predicted octanol–water partition coefficient (Wildman–Crippen LogP) is 2.04. The number of ketones is 2. The van der Waals surface area contributed by atoms with Crippen molar-refractivity contribution in [3.8, 4) is 0 Å². The average Bonchev–Trinajstić information content (AvgIpc) is 2.80. The van der Waals surface area contributed by atoms with E-state index in [1.807, 2.05) is 19.1 Å². The van der Waals surface area contributed by atoms with Gasteiger partial charge in [-0.15, -0.1) is 0 Å². The number of aliphatic hydroxyl groups is 1. The van der Waals surface area contributed by atoms with E-state index < -0.39 is 0 Å². The van der Waals surface area contributed by atoms with Gasteiger partial charge in [-0.1, -0.05) is 19.1 Å². The van der Waals surface area contributed by atoms with Crippen molar-refractivity contribution >= 4 is 11.6 Å². The molecule has 1 unspecified atom stereocenters. The largest absolute Gasteiger partial charge is 0.460 e. The first-order valence-electron chi connectivity index (χ1n) is 5.85. The first-order chi connectivity index (χ1) is 8.65. The summed E-state index contributed by atoms with van der Waals surface area (Å²) in [5.74, 6) is -0.407. The Kier molecular flexibility index (Phi) is 2.35. The third kappa shape index (κ3) is 1.29. The van der Waals surface area contributed by atoms with Crippen LogP contribution >= 0.6 is 0 Å². The molecule has 1 atom stereocenters. The number of aliphatic hydroxyl groups excluding tert-OH is 1. The van der Waals surface area contributed by atoms with Crippen molar-refractivity contribution < 1.29 is 19.1 Å². The number of carbonyl (C=O) groups is 2. The van der Waals surface area contributed by atoms with Gasteiger partial charge in [0.25, 0.3) is 0 Å². The maximum absolute atomic E-state index is 12.4. The first-order valence-corrected chi connectivity index (χ1v) is 5.85. The van der Waals surface area contributed by atoms with Crippen molar-refractivity contribution in [2.75, 3.05) is 0 Å². The van der Waals surface area contributed by atoms with E-state index in [2.05, 4.69) is 0 Å². The maximum atomic E-state index is 12.4. The Morgan fingerprint density at radius 3 is 2.89 bits per heavy atom. The lowest BCUT2D eigenvalue weighted by atomic mass is 9.77. The van der Waals surface area contributed by atoms with E-state index >= 15 is 0 Å². The molecule has 2 aliphatic carbocycles. The number of rotatable bonds is 1. The summed E-state index contributed by atoms with van der Waals surface area (Å²) in [6, 6.07) is 0. The molecular weight excluding hydrogens is 232 g/mol. The van der Waals surface area contributed by atoms with Crippen LogP contribution in [0.15, 0.2) is 34.0 Å². The van der Waals surface area contributed by atoms with Gasteiger partial charge in [-0.2, -0.15) is 0 Å². The van der Waals surface area contributed by atoms with Crippen LogP contribution in [0.1, 0.15) is 39.8 Å². The first kappa shape index (κ1) is 11.2. The predicted molar refractivity (Wildman–Crippen MR) is 63.2 cm³/mol. The quantitative estimate of drug-likeness (QED) is 0.767. The number of furan rings is 1. The Morgan fingerprint density at radius 1 is 1.39 bits per heavy atom. The smallest absolute Gasteiger partial charge is 0.225 e. The zero-order valence-corrected chi connectivity index (χ0v) is 9.90. The molecule has 92 valence electrons. The molecule has 0 fully saturated rings. The summed E-state index contributed by atoms with van der Waals surface area (Å²) in [6.07, 6.45) is 5.58. The second kappa shape index (κ2) is 3.78. The highest BCUT2D eigenvalue weighted by Crippen LogP contribution is 2.37. The molecular formula is C14H12O4. The third-order valence-electron chi connectivity index (χ3n) is 3.52. The third-order valence-corrected chi connectivity index (χ3v) is 3.52. The number of carbonyl (C=O) groups excluding carboxylic acids is 2. The molecule has 1 N–H and O–H groups in total. The van der Waals surface area contributed by atoms with Gasteiger partial charge in [0, 0.05) is 22.6 Å². The number of Topliss-reactive ketones (excluding diaryl/α,β-unsaturated/α-hetero) is 2. The second-order valence-electron chi connectivity index (χ2n) is 4.59. The summed E-state index contributed by atoms with van der Waals surface area (Å²) in [5, 5.41) is 9.18. The minimum Gasteiger partial charge on any atom is -0.460 e. The molecule has 4 heteroatoms. The van der Waals surface area contributed by atoms with Crippen LogP contribution in [0.25, 0.3) is 0 Å². The van der Waals surface area contributed by atoms with Gasteiger partial charge < -0.3 is 9.52 Å². The summed E-state index contributed by atoms with van der Waals surface area (Å²) in [4.78, 5) is 24.7. The standard InChI is InChI=1S/C14H12O4/c1-7-3-2-4-9-10(7)13(17)14-11(12(9)16)8(5-15)6-18-14/h2-3,6-7,15H,4-5H2,1H3. The van der Waals surface area contributed by atoms with Crippen LogP contribution in [-0.2, 0) is 6.61 Å². The Morgan fingerprint density at radius 2 is 2.17 bits per heavy atom. The van der Waals surface area contributed by atoms with Gasteiger partial charge in [-0.3, -0.25) is 9.59 Å². The molecule has 18 heavy (non-hydrogen) atoms. The minimum absolute atomic E-state index is 0.0685. The molecule has 1 heterocycles. The molecule has 0 bridgehead atoms. The van der Waals surface area contributed by atoms with Crippen molar-refractivity contribution in [1.82, 2.24) is 0 Å². The highest BCUT2D eigenvalue weighted by atomic mass is 16.3. The molecule has 4 nitrogen and oxygen atoms in total. The van der Waals surface area contributed by atoms with Crippen LogP contribution in [0.3, 0.4) is 0 Å². The fourth-order valence-electron chi connectivity index (χ4n) is 2.63. The van der Waals surface area contributed by atoms with Crippen molar-refractivity contribution in [3.63, 3.8) is 0 Å². The van der Waals surface area contributed by atoms with Crippen molar-refractivity contribution in [1.29, 1.82) is 0 Å². The topological polar surface area (TPSA) is 67.5 Å². The molecule has 0 saturated carbocycles. The molecule has 0 radical (unpaired) electrons. The van der Waals surface area contributed by atoms with Crippen LogP contribution < -0.4 is 0 Å². The lowest BCUT2D eigenvalue weighted by Gasteiger charge is -2.23. The highest BCUT2D eigenvalue weighted by molar-refractivity contribution is 6.26. The lowest BCUT2D eigenvalue weighted by Crippen LogP contribution is -2.26. The zero-order valence-electron chi connectivity index (χ0n) is 9.90. The maximum Gasteiger partial charge on any atom is 0.225 e. The molecule has 1 aromatic heterocycles. The van der Waals surface area contributed by atoms with Crippen LogP contribution in [0.2, 0.25) is 0 Å². The van der Waals surface area contributed by atoms with Crippen molar-refractivity contribution in [3.05, 3.63) is 46.4 Å². The normalized spacial score (nSPS) is 22.2. The Hall–Kier alpha value is -1.94. The van der Waals surface area contributed by atoms with Crippen molar-refractivity contribution in [2.24, 2.45) is 5.92 Å². The monoisotopic (exact) mass is 244 g/mol. The van der Waals surface area contributed by atoms with Crippen LogP contribution in [-0.4, -0.2) is 16.7 Å². The molecule has 1 aromatic rings. The van der Waals surface area contributed by atoms with Gasteiger partial charge >= 0.3 is 0 Å². The van der Waals surface area contributed by atoms with Crippen LogP contribution in [0, 0.1) is 5.92 Å². The van der Waals surface area contributed by atoms with Crippen LogP contribution in [0.5, 0.6) is 0 Å². The molecule has 0 spiro atoms. The number of hydrogen-bond donors (Lipinski definition) is 1. The molecule has 0 saturated heterocycles. The number of hydrogen-bond acceptors (Lipinski definition) is 4. The zero-order chi connectivity index (χ0) is 12.9. The van der Waals surface area contributed by atoms with E-state index in [-0.39, 0.29) is 35.4 Å². The SMILES string of the molecule is CC1C=CCC2=C1C(=O)c1occ(CO)c1C2=O. The molecule has 2 aliphatic rings. The molecule has 0 aromatic carbocycles. The summed E-state index contributed by atoms with van der Waals surface area (Å²) in [5.41, 5.74) is 1.70. The van der Waals surface area contributed by atoms with Gasteiger partial charge in [0.2, 0.25) is 5.78 Å². The van der Waals surface area contributed by atoms with Gasteiger partial charge in [0.1, 0.15) is 0 Å². The van der Waals surface area contributed by atoms with E-state index in [1.165, 1.54) is 6.26 Å². The fourth-order valence-corrected chi connectivity index (χ4v) is 2.63. The number of fused-ring (bicyclic) bond motifs is 1. The molecule has 3 rings (SSSR count). The average molecular weight is 244 g/mol. The van der Waals surface area contributed by atoms with Crippen LogP contribution in [0.4, 0.5) is 0 Å². The van der Waals surface area contributed by atoms with E-state index in [9.17, 15) is 14.7 Å². The van der Waals surface area contributed by atoms with E-state index in [4.69, 9.17) is 4.42 Å². The highest BCUT2D eigenvalue weighted by Gasteiger charge is 2.38. The van der Waals surface area contributed by atoms with Gasteiger partial charge in [0.05, 0.1) is 18.4 Å². The Balaban J connectivity index is 2.22. The minimum atomic E-state index is -0.300.